The molecule has 6 rings (SSSR count). The van der Waals surface area contributed by atoms with Gasteiger partial charge in [-0.05, 0) is 48.0 Å². The number of oxazole rings is 1. The Kier molecular flexibility index (Phi) is 5.91. The molecular formula is C27H23N7O3. The second kappa shape index (κ2) is 9.67. The van der Waals surface area contributed by atoms with Crippen LogP contribution in [0.5, 0.6) is 0 Å². The number of amides is 1. The molecular weight excluding hydrogens is 470 g/mol. The summed E-state index contributed by atoms with van der Waals surface area (Å²) in [6.07, 6.45) is 5.07. The number of nitrogens with one attached hydrogen (secondary N) is 1. The first kappa shape index (κ1) is 22.6. The molecule has 37 heavy (non-hydrogen) atoms. The molecule has 0 spiro atoms. The van der Waals surface area contributed by atoms with E-state index in [1.54, 1.807) is 42.9 Å². The molecule has 5 heterocycles. The normalized spacial score (nSPS) is 13.6. The predicted octanol–water partition coefficient (Wildman–Crippen LogP) is 4.02. The van der Waals surface area contributed by atoms with E-state index in [-0.39, 0.29) is 11.6 Å². The minimum atomic E-state index is -0.349. The van der Waals surface area contributed by atoms with Crippen LogP contribution in [0.15, 0.2) is 77.6 Å². The summed E-state index contributed by atoms with van der Waals surface area (Å²) in [5.41, 5.74) is 10.9. The number of fused-ring (bicyclic) bond motifs is 1. The summed E-state index contributed by atoms with van der Waals surface area (Å²) in [5, 5.41) is 2.96. The van der Waals surface area contributed by atoms with E-state index in [4.69, 9.17) is 19.9 Å². The Hall–Kier alpha value is -4.83. The molecule has 0 bridgehead atoms. The van der Waals surface area contributed by atoms with Crippen molar-refractivity contribution in [1.29, 1.82) is 0 Å². The van der Waals surface area contributed by atoms with Crippen molar-refractivity contribution >= 4 is 34.5 Å². The molecule has 1 aliphatic rings. The third-order valence-electron chi connectivity index (χ3n) is 6.08. The third kappa shape index (κ3) is 4.69. The second-order valence-corrected chi connectivity index (χ2v) is 8.54. The smallest absolute Gasteiger partial charge is 0.298 e. The standard InChI is InChI=1S/C27H23N7O3/c28-24-5-4-18(16-30-24)21-2-1-3-22(32-21)26(35)31-19-14-20(17-6-8-29-9-7-17)25-23(15-19)37-27(33-25)34-10-12-36-13-11-34/h1-9,14-16H,10-13H2,(H2,28,30)(H,31,35). The molecule has 10 heteroatoms. The van der Waals surface area contributed by atoms with Gasteiger partial charge >= 0.3 is 0 Å². The zero-order chi connectivity index (χ0) is 25.2. The lowest BCUT2D eigenvalue weighted by atomic mass is 10.0. The quantitative estimate of drug-likeness (QED) is 0.372. The van der Waals surface area contributed by atoms with Gasteiger partial charge in [0.2, 0.25) is 0 Å². The average molecular weight is 494 g/mol. The van der Waals surface area contributed by atoms with Crippen molar-refractivity contribution in [1.82, 2.24) is 19.9 Å². The summed E-state index contributed by atoms with van der Waals surface area (Å²) >= 11 is 0. The maximum absolute atomic E-state index is 13.2. The Morgan fingerprint density at radius 2 is 1.81 bits per heavy atom. The lowest BCUT2D eigenvalue weighted by Gasteiger charge is -2.24. The maximum Gasteiger partial charge on any atom is 0.298 e. The van der Waals surface area contributed by atoms with Crippen LogP contribution in [0.3, 0.4) is 0 Å². The zero-order valence-electron chi connectivity index (χ0n) is 19.8. The van der Waals surface area contributed by atoms with Gasteiger partial charge in [0, 0.05) is 54.6 Å². The highest BCUT2D eigenvalue weighted by Gasteiger charge is 2.20. The Labute approximate surface area is 212 Å². The molecule has 5 aromatic rings. The van der Waals surface area contributed by atoms with Crippen LogP contribution in [0.25, 0.3) is 33.5 Å². The number of aromatic nitrogens is 4. The van der Waals surface area contributed by atoms with Gasteiger partial charge in [0.05, 0.1) is 18.9 Å². The van der Waals surface area contributed by atoms with Crippen LogP contribution >= 0.6 is 0 Å². The lowest BCUT2D eigenvalue weighted by molar-refractivity contribution is 0.102. The SMILES string of the molecule is Nc1ccc(-c2cccc(C(=O)Nc3cc(-c4ccncc4)c4nc(N5CCOCC5)oc4c3)n2)cn1. The molecule has 0 saturated carbocycles. The second-order valence-electron chi connectivity index (χ2n) is 8.54. The summed E-state index contributed by atoms with van der Waals surface area (Å²) in [4.78, 5) is 32.8. The van der Waals surface area contributed by atoms with E-state index in [9.17, 15) is 4.79 Å². The van der Waals surface area contributed by atoms with Crippen LogP contribution in [-0.2, 0) is 4.74 Å². The molecule has 0 radical (unpaired) electrons. The van der Waals surface area contributed by atoms with Gasteiger partial charge in [0.15, 0.2) is 5.58 Å². The van der Waals surface area contributed by atoms with Gasteiger partial charge < -0.3 is 25.1 Å². The molecule has 3 N–H and O–H groups in total. The number of nitrogens with zero attached hydrogens (tertiary/aromatic N) is 5. The topological polar surface area (TPSA) is 132 Å². The van der Waals surface area contributed by atoms with Crippen LogP contribution < -0.4 is 16.0 Å². The molecule has 1 aromatic carbocycles. The zero-order valence-corrected chi connectivity index (χ0v) is 19.8. The Bertz CT molecular complexity index is 1560. The van der Waals surface area contributed by atoms with E-state index < -0.39 is 0 Å². The van der Waals surface area contributed by atoms with Gasteiger partial charge in [-0.25, -0.2) is 9.97 Å². The number of carbonyl (C=O) groups excluding carboxylic acids is 1. The summed E-state index contributed by atoms with van der Waals surface area (Å²) in [6, 6.07) is 16.8. The number of pyridine rings is 3. The van der Waals surface area contributed by atoms with E-state index in [0.29, 0.717) is 60.6 Å². The summed E-state index contributed by atoms with van der Waals surface area (Å²) in [6.45, 7) is 2.64. The van der Waals surface area contributed by atoms with Crippen molar-refractivity contribution in [2.45, 2.75) is 0 Å². The number of benzene rings is 1. The average Bonchev–Trinajstić information content (AvgIpc) is 3.38. The number of nitrogen functional groups attached to an aromatic ring is 1. The Balaban J connectivity index is 1.35. The Morgan fingerprint density at radius 3 is 2.59 bits per heavy atom. The molecule has 0 unspecified atom stereocenters. The fourth-order valence-electron chi connectivity index (χ4n) is 4.21. The van der Waals surface area contributed by atoms with E-state index in [1.807, 2.05) is 30.3 Å². The van der Waals surface area contributed by atoms with Gasteiger partial charge in [-0.2, -0.15) is 4.98 Å². The lowest BCUT2D eigenvalue weighted by Crippen LogP contribution is -2.36. The fourth-order valence-corrected chi connectivity index (χ4v) is 4.21. The molecule has 184 valence electrons. The number of rotatable bonds is 5. The van der Waals surface area contributed by atoms with E-state index in [2.05, 4.69) is 25.2 Å². The highest BCUT2D eigenvalue weighted by molar-refractivity contribution is 6.05. The van der Waals surface area contributed by atoms with Crippen LogP contribution in [0.1, 0.15) is 10.5 Å². The molecule has 1 amide bonds. The van der Waals surface area contributed by atoms with Crippen LogP contribution in [-0.4, -0.2) is 52.1 Å². The number of morpholine rings is 1. The monoisotopic (exact) mass is 493 g/mol. The molecule has 0 aliphatic carbocycles. The first-order valence-corrected chi connectivity index (χ1v) is 11.8. The largest absolute Gasteiger partial charge is 0.423 e. The third-order valence-corrected chi connectivity index (χ3v) is 6.08. The number of nitrogens with two attached hydrogens (primary N) is 1. The molecule has 4 aromatic heterocycles. The highest BCUT2D eigenvalue weighted by atomic mass is 16.5. The fraction of sp³-hybridized carbons (Fsp3) is 0.148. The van der Waals surface area contributed by atoms with Crippen molar-refractivity contribution in [2.24, 2.45) is 0 Å². The van der Waals surface area contributed by atoms with Crippen LogP contribution in [0.2, 0.25) is 0 Å². The van der Waals surface area contributed by atoms with Gasteiger partial charge in [-0.15, -0.1) is 0 Å². The molecule has 1 fully saturated rings. The van der Waals surface area contributed by atoms with Crippen molar-refractivity contribution in [3.05, 3.63) is 78.9 Å². The number of ether oxygens (including phenoxy) is 1. The van der Waals surface area contributed by atoms with Crippen molar-refractivity contribution in [3.63, 3.8) is 0 Å². The van der Waals surface area contributed by atoms with Crippen LogP contribution in [0.4, 0.5) is 17.5 Å². The van der Waals surface area contributed by atoms with Crippen LogP contribution in [0, 0.1) is 0 Å². The first-order valence-electron chi connectivity index (χ1n) is 11.8. The summed E-state index contributed by atoms with van der Waals surface area (Å²) in [7, 11) is 0. The van der Waals surface area contributed by atoms with Gasteiger partial charge in [-0.1, -0.05) is 6.07 Å². The van der Waals surface area contributed by atoms with Crippen molar-refractivity contribution in [3.8, 4) is 22.4 Å². The molecule has 10 nitrogen and oxygen atoms in total. The first-order chi connectivity index (χ1) is 18.1. The van der Waals surface area contributed by atoms with Gasteiger partial charge in [-0.3, -0.25) is 9.78 Å². The minimum absolute atomic E-state index is 0.270. The molecule has 0 atom stereocenters. The highest BCUT2D eigenvalue weighted by Crippen LogP contribution is 2.34. The maximum atomic E-state index is 13.2. The summed E-state index contributed by atoms with van der Waals surface area (Å²) < 4.78 is 11.6. The van der Waals surface area contributed by atoms with E-state index in [0.717, 1.165) is 16.7 Å². The van der Waals surface area contributed by atoms with Gasteiger partial charge in [0.25, 0.3) is 11.9 Å². The number of hydrogen-bond acceptors (Lipinski definition) is 9. The molecule has 1 aliphatic heterocycles. The van der Waals surface area contributed by atoms with Gasteiger partial charge in [0.1, 0.15) is 17.0 Å². The number of anilines is 3. The van der Waals surface area contributed by atoms with E-state index in [1.165, 1.54) is 0 Å². The molecule has 1 saturated heterocycles. The van der Waals surface area contributed by atoms with Crippen molar-refractivity contribution < 1.29 is 13.9 Å². The predicted molar refractivity (Wildman–Crippen MR) is 140 cm³/mol. The number of carbonyl (C=O) groups is 1. The minimum Gasteiger partial charge on any atom is -0.423 e. The number of hydrogen-bond donors (Lipinski definition) is 2. The Morgan fingerprint density at radius 1 is 0.973 bits per heavy atom. The van der Waals surface area contributed by atoms with Crippen molar-refractivity contribution in [2.75, 3.05) is 42.3 Å². The van der Waals surface area contributed by atoms with E-state index >= 15 is 0 Å². The summed E-state index contributed by atoms with van der Waals surface area (Å²) in [5.74, 6) is 0.0698.